The molecule has 0 aliphatic heterocycles. The molecular weight excluding hydrogens is 362 g/mol. The van der Waals surface area contributed by atoms with Crippen molar-refractivity contribution in [2.24, 2.45) is 0 Å². The number of nitrogen functional groups attached to an aromatic ring is 1. The Balaban J connectivity index is 2.98. The normalized spacial score (nSPS) is 11.5. The van der Waals surface area contributed by atoms with Gasteiger partial charge in [-0.25, -0.2) is 13.1 Å². The number of halogens is 1. The fourth-order valence-electron chi connectivity index (χ4n) is 1.53. The molecule has 0 radical (unpaired) electrons. The SMILES string of the molecule is COc1cc(Br)c(N)cc1S(=O)(=O)NCC(=O)NC(C)C. The van der Waals surface area contributed by atoms with Crippen LogP contribution in [0.2, 0.25) is 0 Å². The van der Waals surface area contributed by atoms with Crippen molar-refractivity contribution < 1.29 is 17.9 Å². The molecule has 0 aliphatic carbocycles. The van der Waals surface area contributed by atoms with Crippen molar-refractivity contribution in [3.05, 3.63) is 16.6 Å². The van der Waals surface area contributed by atoms with Crippen molar-refractivity contribution in [3.63, 3.8) is 0 Å². The van der Waals surface area contributed by atoms with Crippen molar-refractivity contribution in [1.82, 2.24) is 10.0 Å². The van der Waals surface area contributed by atoms with E-state index in [4.69, 9.17) is 10.5 Å². The number of nitrogens with one attached hydrogen (secondary N) is 2. The Hall–Kier alpha value is -1.32. The van der Waals surface area contributed by atoms with Gasteiger partial charge >= 0.3 is 0 Å². The summed E-state index contributed by atoms with van der Waals surface area (Å²) >= 11 is 3.19. The molecule has 1 aromatic carbocycles. The van der Waals surface area contributed by atoms with Crippen LogP contribution in [0.1, 0.15) is 13.8 Å². The van der Waals surface area contributed by atoms with E-state index in [1.807, 2.05) is 0 Å². The Kier molecular flexibility index (Phi) is 5.99. The summed E-state index contributed by atoms with van der Waals surface area (Å²) in [5.41, 5.74) is 5.94. The van der Waals surface area contributed by atoms with E-state index in [1.165, 1.54) is 19.2 Å². The first-order chi connectivity index (χ1) is 9.67. The van der Waals surface area contributed by atoms with Gasteiger partial charge in [-0.1, -0.05) is 0 Å². The predicted molar refractivity (Wildman–Crippen MR) is 83.6 cm³/mol. The maximum absolute atomic E-state index is 12.2. The van der Waals surface area contributed by atoms with E-state index in [1.54, 1.807) is 13.8 Å². The van der Waals surface area contributed by atoms with E-state index in [0.717, 1.165) is 0 Å². The topological polar surface area (TPSA) is 111 Å². The summed E-state index contributed by atoms with van der Waals surface area (Å²) in [6, 6.07) is 2.66. The summed E-state index contributed by atoms with van der Waals surface area (Å²) < 4.78 is 32.2. The molecule has 4 N–H and O–H groups in total. The molecule has 0 spiro atoms. The fourth-order valence-corrected chi connectivity index (χ4v) is 3.02. The highest BCUT2D eigenvalue weighted by molar-refractivity contribution is 9.10. The van der Waals surface area contributed by atoms with Gasteiger partial charge in [0.05, 0.1) is 13.7 Å². The molecule has 7 nitrogen and oxygen atoms in total. The van der Waals surface area contributed by atoms with Crippen molar-refractivity contribution >= 4 is 37.5 Å². The van der Waals surface area contributed by atoms with E-state index in [2.05, 4.69) is 26.0 Å². The lowest BCUT2D eigenvalue weighted by Gasteiger charge is -2.13. The molecule has 21 heavy (non-hydrogen) atoms. The van der Waals surface area contributed by atoms with Gasteiger partial charge in [0.2, 0.25) is 15.9 Å². The van der Waals surface area contributed by atoms with Crippen LogP contribution in [-0.4, -0.2) is 34.0 Å². The summed E-state index contributed by atoms with van der Waals surface area (Å²) in [4.78, 5) is 11.4. The van der Waals surface area contributed by atoms with E-state index in [9.17, 15) is 13.2 Å². The van der Waals surface area contributed by atoms with Gasteiger partial charge < -0.3 is 15.8 Å². The van der Waals surface area contributed by atoms with Crippen molar-refractivity contribution in [3.8, 4) is 5.75 Å². The molecule has 118 valence electrons. The maximum atomic E-state index is 12.2. The third-order valence-electron chi connectivity index (χ3n) is 2.44. The van der Waals surface area contributed by atoms with Crippen molar-refractivity contribution in [1.29, 1.82) is 0 Å². The van der Waals surface area contributed by atoms with E-state index >= 15 is 0 Å². The zero-order valence-corrected chi connectivity index (χ0v) is 14.3. The maximum Gasteiger partial charge on any atom is 0.244 e. The van der Waals surface area contributed by atoms with Gasteiger partial charge in [0.15, 0.2) is 0 Å². The molecule has 0 aliphatic rings. The van der Waals surface area contributed by atoms with Crippen LogP contribution in [0.5, 0.6) is 5.75 Å². The lowest BCUT2D eigenvalue weighted by Crippen LogP contribution is -2.39. The number of methoxy groups -OCH3 is 1. The number of benzene rings is 1. The number of carbonyl (C=O) groups is 1. The van der Waals surface area contributed by atoms with Crippen LogP contribution in [-0.2, 0) is 14.8 Å². The molecule has 0 saturated carbocycles. The minimum Gasteiger partial charge on any atom is -0.495 e. The monoisotopic (exact) mass is 379 g/mol. The number of carbonyl (C=O) groups excluding carboxylic acids is 1. The second kappa shape index (κ2) is 7.10. The van der Waals surface area contributed by atoms with Crippen molar-refractivity contribution in [2.45, 2.75) is 24.8 Å². The summed E-state index contributed by atoms with van der Waals surface area (Å²) in [5, 5.41) is 2.59. The Morgan fingerprint density at radius 1 is 1.43 bits per heavy atom. The van der Waals surface area contributed by atoms with Gasteiger partial charge in [-0.15, -0.1) is 0 Å². The molecule has 1 amide bonds. The Labute approximate surface area is 132 Å². The Morgan fingerprint density at radius 2 is 2.05 bits per heavy atom. The largest absolute Gasteiger partial charge is 0.495 e. The van der Waals surface area contributed by atoms with Crippen LogP contribution in [0.15, 0.2) is 21.5 Å². The average Bonchev–Trinajstić information content (AvgIpc) is 2.38. The highest BCUT2D eigenvalue weighted by atomic mass is 79.9. The lowest BCUT2D eigenvalue weighted by molar-refractivity contribution is -0.120. The molecule has 1 aromatic rings. The van der Waals surface area contributed by atoms with Gasteiger partial charge in [-0.2, -0.15) is 0 Å². The van der Waals surface area contributed by atoms with Crippen LogP contribution >= 0.6 is 15.9 Å². The standard InChI is InChI=1S/C12H18BrN3O4S/c1-7(2)16-12(17)6-15-21(18,19)11-5-9(14)8(13)4-10(11)20-3/h4-5,7,15H,6,14H2,1-3H3,(H,16,17). The van der Waals surface area contributed by atoms with Crippen LogP contribution in [0.4, 0.5) is 5.69 Å². The van der Waals surface area contributed by atoms with Crippen LogP contribution < -0.4 is 20.5 Å². The first-order valence-corrected chi connectivity index (χ1v) is 8.37. The Bertz CT molecular complexity index is 632. The number of hydrogen-bond acceptors (Lipinski definition) is 5. The molecule has 0 bridgehead atoms. The van der Waals surface area contributed by atoms with Gasteiger partial charge in [0.1, 0.15) is 10.6 Å². The van der Waals surface area contributed by atoms with Gasteiger partial charge in [0, 0.05) is 16.2 Å². The highest BCUT2D eigenvalue weighted by Crippen LogP contribution is 2.32. The average molecular weight is 380 g/mol. The molecule has 0 unspecified atom stereocenters. The molecular formula is C12H18BrN3O4S. The first kappa shape index (κ1) is 17.7. The Morgan fingerprint density at radius 3 is 2.57 bits per heavy atom. The number of amides is 1. The van der Waals surface area contributed by atoms with E-state index < -0.39 is 15.9 Å². The minimum absolute atomic E-state index is 0.0696. The summed E-state index contributed by atoms with van der Waals surface area (Å²) in [5.74, 6) is -0.287. The molecule has 0 saturated heterocycles. The quantitative estimate of drug-likeness (QED) is 0.634. The second-order valence-electron chi connectivity index (χ2n) is 4.57. The van der Waals surface area contributed by atoms with Crippen LogP contribution in [0, 0.1) is 0 Å². The number of nitrogens with two attached hydrogens (primary N) is 1. The smallest absolute Gasteiger partial charge is 0.244 e. The molecule has 0 heterocycles. The molecule has 0 aromatic heterocycles. The van der Waals surface area contributed by atoms with E-state index in [0.29, 0.717) is 4.47 Å². The van der Waals surface area contributed by atoms with E-state index in [-0.39, 0.29) is 28.9 Å². The zero-order valence-electron chi connectivity index (χ0n) is 11.9. The van der Waals surface area contributed by atoms with Crippen LogP contribution in [0.3, 0.4) is 0 Å². The highest BCUT2D eigenvalue weighted by Gasteiger charge is 2.22. The second-order valence-corrected chi connectivity index (χ2v) is 7.16. The molecule has 0 fully saturated rings. The summed E-state index contributed by atoms with van der Waals surface area (Å²) in [6.07, 6.45) is 0. The summed E-state index contributed by atoms with van der Waals surface area (Å²) in [7, 11) is -2.56. The third-order valence-corrected chi connectivity index (χ3v) is 4.55. The summed E-state index contributed by atoms with van der Waals surface area (Å²) in [6.45, 7) is 3.20. The first-order valence-electron chi connectivity index (χ1n) is 6.09. The minimum atomic E-state index is -3.91. The molecule has 9 heteroatoms. The number of hydrogen-bond donors (Lipinski definition) is 3. The fraction of sp³-hybridized carbons (Fsp3) is 0.417. The predicted octanol–water partition coefficient (Wildman–Crippen LogP) is 0.843. The number of sulfonamides is 1. The molecule has 1 rings (SSSR count). The van der Waals surface area contributed by atoms with Gasteiger partial charge in [-0.05, 0) is 41.9 Å². The number of anilines is 1. The van der Waals surface area contributed by atoms with Gasteiger partial charge in [0.25, 0.3) is 0 Å². The number of rotatable bonds is 6. The van der Waals surface area contributed by atoms with Gasteiger partial charge in [-0.3, -0.25) is 4.79 Å². The lowest BCUT2D eigenvalue weighted by atomic mass is 10.3. The molecule has 0 atom stereocenters. The van der Waals surface area contributed by atoms with Crippen LogP contribution in [0.25, 0.3) is 0 Å². The van der Waals surface area contributed by atoms with Crippen molar-refractivity contribution in [2.75, 3.05) is 19.4 Å². The number of ether oxygens (including phenoxy) is 1. The zero-order chi connectivity index (χ0) is 16.2. The third kappa shape index (κ3) is 4.87.